The van der Waals surface area contributed by atoms with Crippen molar-refractivity contribution in [2.45, 2.75) is 6.92 Å². The predicted molar refractivity (Wildman–Crippen MR) is 66.8 cm³/mol. The van der Waals surface area contributed by atoms with Gasteiger partial charge in [0, 0.05) is 31.4 Å². The fraction of sp³-hybridized carbons (Fsp3) is 0.231. The Morgan fingerprint density at radius 1 is 1.29 bits per heavy atom. The third kappa shape index (κ3) is 2.20. The number of carbonyl (C=O) groups excluding carboxylic acids is 1. The first-order valence-corrected chi connectivity index (χ1v) is 5.44. The number of nitrogens with zero attached hydrogens (tertiary/aromatic N) is 2. The average Bonchev–Trinajstić information content (AvgIpc) is 2.69. The van der Waals surface area contributed by atoms with Crippen LogP contribution in [0.5, 0.6) is 0 Å². The van der Waals surface area contributed by atoms with Crippen molar-refractivity contribution in [3.05, 3.63) is 41.9 Å². The standard InChI is InChI=1S/C13H15N3O/c1-9-15-12(8-16(9)3)10-4-6-11(7-5-10)13(17)14-2/h4-8H,1-3H3,(H,14,17). The molecule has 4 nitrogen and oxygen atoms in total. The number of hydrogen-bond acceptors (Lipinski definition) is 2. The molecule has 0 saturated carbocycles. The molecule has 0 bridgehead atoms. The minimum atomic E-state index is -0.0752. The summed E-state index contributed by atoms with van der Waals surface area (Å²) in [5.41, 5.74) is 2.60. The van der Waals surface area contributed by atoms with Gasteiger partial charge in [0.15, 0.2) is 0 Å². The summed E-state index contributed by atoms with van der Waals surface area (Å²) in [6.07, 6.45) is 1.98. The number of carbonyl (C=O) groups is 1. The zero-order valence-corrected chi connectivity index (χ0v) is 10.2. The molecule has 1 N–H and O–H groups in total. The molecule has 1 aromatic heterocycles. The minimum Gasteiger partial charge on any atom is -0.355 e. The number of nitrogens with one attached hydrogen (secondary N) is 1. The topological polar surface area (TPSA) is 46.9 Å². The van der Waals surface area contributed by atoms with E-state index in [4.69, 9.17) is 0 Å². The van der Waals surface area contributed by atoms with E-state index in [1.54, 1.807) is 19.2 Å². The van der Waals surface area contributed by atoms with Crippen molar-refractivity contribution >= 4 is 5.91 Å². The Bertz CT molecular complexity index is 521. The molecule has 0 aliphatic rings. The van der Waals surface area contributed by atoms with E-state index >= 15 is 0 Å². The van der Waals surface area contributed by atoms with Gasteiger partial charge in [-0.15, -0.1) is 0 Å². The van der Waals surface area contributed by atoms with Gasteiger partial charge in [-0.1, -0.05) is 12.1 Å². The van der Waals surface area contributed by atoms with E-state index in [9.17, 15) is 4.79 Å². The van der Waals surface area contributed by atoms with Crippen molar-refractivity contribution in [1.29, 1.82) is 0 Å². The second-order valence-electron chi connectivity index (χ2n) is 3.94. The number of amides is 1. The molecule has 4 heteroatoms. The lowest BCUT2D eigenvalue weighted by Gasteiger charge is -2.00. The minimum absolute atomic E-state index is 0.0752. The van der Waals surface area contributed by atoms with Gasteiger partial charge in [0.1, 0.15) is 5.82 Å². The first-order valence-electron chi connectivity index (χ1n) is 5.44. The molecule has 1 amide bonds. The Morgan fingerprint density at radius 3 is 2.41 bits per heavy atom. The van der Waals surface area contributed by atoms with Gasteiger partial charge in [0.2, 0.25) is 0 Å². The maximum absolute atomic E-state index is 11.4. The lowest BCUT2D eigenvalue weighted by Crippen LogP contribution is -2.17. The molecular weight excluding hydrogens is 214 g/mol. The van der Waals surface area contributed by atoms with Gasteiger partial charge in [-0.3, -0.25) is 4.79 Å². The van der Waals surface area contributed by atoms with Crippen LogP contribution in [0.2, 0.25) is 0 Å². The third-order valence-corrected chi connectivity index (χ3v) is 2.78. The third-order valence-electron chi connectivity index (χ3n) is 2.78. The number of hydrogen-bond donors (Lipinski definition) is 1. The van der Waals surface area contributed by atoms with Crippen LogP contribution in [0.3, 0.4) is 0 Å². The van der Waals surface area contributed by atoms with Crippen LogP contribution in [0.1, 0.15) is 16.2 Å². The SMILES string of the molecule is CNC(=O)c1ccc(-c2cn(C)c(C)n2)cc1. The fourth-order valence-corrected chi connectivity index (χ4v) is 1.63. The summed E-state index contributed by atoms with van der Waals surface area (Å²) >= 11 is 0. The van der Waals surface area contributed by atoms with E-state index < -0.39 is 0 Å². The summed E-state index contributed by atoms with van der Waals surface area (Å²) in [6.45, 7) is 1.96. The second-order valence-corrected chi connectivity index (χ2v) is 3.94. The quantitative estimate of drug-likeness (QED) is 0.852. The number of aryl methyl sites for hydroxylation is 2. The van der Waals surface area contributed by atoms with Crippen LogP contribution in [-0.2, 0) is 7.05 Å². The largest absolute Gasteiger partial charge is 0.355 e. The van der Waals surface area contributed by atoms with Crippen molar-refractivity contribution in [2.24, 2.45) is 7.05 Å². The highest BCUT2D eigenvalue weighted by atomic mass is 16.1. The van der Waals surface area contributed by atoms with E-state index in [0.717, 1.165) is 17.1 Å². The highest BCUT2D eigenvalue weighted by Crippen LogP contribution is 2.18. The van der Waals surface area contributed by atoms with Crippen molar-refractivity contribution in [2.75, 3.05) is 7.05 Å². The lowest BCUT2D eigenvalue weighted by molar-refractivity contribution is 0.0963. The molecule has 1 heterocycles. The Labute approximate surface area is 100 Å². The van der Waals surface area contributed by atoms with Crippen LogP contribution in [0, 0.1) is 6.92 Å². The summed E-state index contributed by atoms with van der Waals surface area (Å²) < 4.78 is 1.97. The molecule has 0 radical (unpaired) electrons. The average molecular weight is 229 g/mol. The summed E-state index contributed by atoms with van der Waals surface area (Å²) in [5.74, 6) is 0.893. The predicted octanol–water partition coefficient (Wildman–Crippen LogP) is 1.76. The van der Waals surface area contributed by atoms with Gasteiger partial charge in [-0.25, -0.2) is 4.98 Å². The molecule has 2 aromatic rings. The fourth-order valence-electron chi connectivity index (χ4n) is 1.63. The van der Waals surface area contributed by atoms with Crippen LogP contribution in [-0.4, -0.2) is 22.5 Å². The van der Waals surface area contributed by atoms with Crippen molar-refractivity contribution < 1.29 is 4.79 Å². The lowest BCUT2D eigenvalue weighted by atomic mass is 10.1. The molecule has 0 aliphatic carbocycles. The van der Waals surface area contributed by atoms with Crippen LogP contribution in [0.4, 0.5) is 0 Å². The first kappa shape index (κ1) is 11.4. The zero-order valence-electron chi connectivity index (χ0n) is 10.2. The van der Waals surface area contributed by atoms with Gasteiger partial charge < -0.3 is 9.88 Å². The molecular formula is C13H15N3O. The Balaban J connectivity index is 2.32. The molecule has 0 fully saturated rings. The second kappa shape index (κ2) is 4.41. The number of aromatic nitrogens is 2. The van der Waals surface area contributed by atoms with Gasteiger partial charge in [0.05, 0.1) is 5.69 Å². The van der Waals surface area contributed by atoms with E-state index in [2.05, 4.69) is 10.3 Å². The van der Waals surface area contributed by atoms with Gasteiger partial charge >= 0.3 is 0 Å². The smallest absolute Gasteiger partial charge is 0.251 e. The molecule has 0 unspecified atom stereocenters. The summed E-state index contributed by atoms with van der Waals surface area (Å²) in [5, 5.41) is 2.60. The van der Waals surface area contributed by atoms with E-state index in [0.29, 0.717) is 5.56 Å². The van der Waals surface area contributed by atoms with Crippen LogP contribution in [0.25, 0.3) is 11.3 Å². The van der Waals surface area contributed by atoms with Gasteiger partial charge in [0.25, 0.3) is 5.91 Å². The molecule has 0 aliphatic heterocycles. The molecule has 0 saturated heterocycles. The Kier molecular flexibility index (Phi) is 2.95. The van der Waals surface area contributed by atoms with E-state index in [1.165, 1.54) is 0 Å². The van der Waals surface area contributed by atoms with E-state index in [1.807, 2.05) is 36.9 Å². The maximum atomic E-state index is 11.4. The summed E-state index contributed by atoms with van der Waals surface area (Å²) in [6, 6.07) is 7.43. The molecule has 2 rings (SSSR count). The van der Waals surface area contributed by atoms with Crippen LogP contribution >= 0.6 is 0 Å². The first-order chi connectivity index (χ1) is 8.11. The van der Waals surface area contributed by atoms with Crippen molar-refractivity contribution in [3.63, 3.8) is 0 Å². The number of benzene rings is 1. The Morgan fingerprint density at radius 2 is 1.94 bits per heavy atom. The summed E-state index contributed by atoms with van der Waals surface area (Å²) in [4.78, 5) is 15.8. The van der Waals surface area contributed by atoms with Crippen molar-refractivity contribution in [1.82, 2.24) is 14.9 Å². The van der Waals surface area contributed by atoms with E-state index in [-0.39, 0.29) is 5.91 Å². The normalized spacial score (nSPS) is 10.3. The molecule has 0 spiro atoms. The highest BCUT2D eigenvalue weighted by Gasteiger charge is 2.06. The number of imidazole rings is 1. The number of rotatable bonds is 2. The summed E-state index contributed by atoms with van der Waals surface area (Å²) in [7, 11) is 3.59. The molecule has 17 heavy (non-hydrogen) atoms. The highest BCUT2D eigenvalue weighted by molar-refractivity contribution is 5.94. The maximum Gasteiger partial charge on any atom is 0.251 e. The van der Waals surface area contributed by atoms with Gasteiger partial charge in [-0.05, 0) is 19.1 Å². The monoisotopic (exact) mass is 229 g/mol. The van der Waals surface area contributed by atoms with Crippen LogP contribution < -0.4 is 5.32 Å². The molecule has 0 atom stereocenters. The van der Waals surface area contributed by atoms with Gasteiger partial charge in [-0.2, -0.15) is 0 Å². The molecule has 88 valence electrons. The Hall–Kier alpha value is -2.10. The molecule has 1 aromatic carbocycles. The van der Waals surface area contributed by atoms with Crippen molar-refractivity contribution in [3.8, 4) is 11.3 Å². The van der Waals surface area contributed by atoms with Crippen LogP contribution in [0.15, 0.2) is 30.5 Å². The zero-order chi connectivity index (χ0) is 12.4.